The van der Waals surface area contributed by atoms with Crippen LogP contribution in [-0.4, -0.2) is 42.5 Å². The van der Waals surface area contributed by atoms with E-state index in [-0.39, 0.29) is 16.7 Å². The van der Waals surface area contributed by atoms with Crippen LogP contribution < -0.4 is 10.4 Å². The average Bonchev–Trinajstić information content (AvgIpc) is 3.24. The van der Waals surface area contributed by atoms with E-state index in [0.29, 0.717) is 28.4 Å². The molecule has 2 fully saturated rings. The first-order valence-corrected chi connectivity index (χ1v) is 16.4. The Kier molecular flexibility index (Phi) is 7.96. The van der Waals surface area contributed by atoms with E-state index in [4.69, 9.17) is 39.8 Å². The number of aromatic hydroxyl groups is 1. The summed E-state index contributed by atoms with van der Waals surface area (Å²) in [5, 5.41) is 14.0. The van der Waals surface area contributed by atoms with Crippen molar-refractivity contribution in [1.82, 2.24) is 4.90 Å². The Hall–Kier alpha value is -1.89. The molecule has 0 bridgehead atoms. The van der Waals surface area contributed by atoms with Gasteiger partial charge in [-0.15, -0.1) is 0 Å². The molecule has 0 spiro atoms. The minimum atomic E-state index is -2.53. The van der Waals surface area contributed by atoms with Crippen LogP contribution in [0.3, 0.4) is 0 Å². The van der Waals surface area contributed by atoms with E-state index in [0.717, 1.165) is 36.5 Å². The van der Waals surface area contributed by atoms with Gasteiger partial charge in [-0.05, 0) is 46.3 Å². The molecule has 0 amide bonds. The lowest BCUT2D eigenvalue weighted by molar-refractivity contribution is 0.0925. The molecule has 200 valence electrons. The van der Waals surface area contributed by atoms with Crippen molar-refractivity contribution in [3.8, 4) is 5.75 Å². The van der Waals surface area contributed by atoms with Gasteiger partial charge in [0.1, 0.15) is 5.75 Å². The fourth-order valence-electron chi connectivity index (χ4n) is 6.32. The molecule has 2 aliphatic rings. The van der Waals surface area contributed by atoms with Gasteiger partial charge in [-0.1, -0.05) is 117 Å². The summed E-state index contributed by atoms with van der Waals surface area (Å²) in [7, 11) is -2.53. The third kappa shape index (κ3) is 5.04. The van der Waals surface area contributed by atoms with E-state index in [9.17, 15) is 5.11 Å². The molecule has 1 saturated carbocycles. The van der Waals surface area contributed by atoms with Crippen molar-refractivity contribution in [3.63, 3.8) is 0 Å². The van der Waals surface area contributed by atoms with Crippen molar-refractivity contribution in [2.24, 2.45) is 5.92 Å². The molecule has 1 heterocycles. The Morgan fingerprint density at radius 3 is 2.08 bits per heavy atom. The highest BCUT2D eigenvalue weighted by Gasteiger charge is 2.51. The second-order valence-electron chi connectivity index (χ2n) is 11.7. The van der Waals surface area contributed by atoms with E-state index in [2.05, 4.69) is 86.3 Å². The number of benzene rings is 3. The predicted octanol–water partition coefficient (Wildman–Crippen LogP) is 7.17. The highest BCUT2D eigenvalue weighted by Crippen LogP contribution is 2.45. The van der Waals surface area contributed by atoms with Gasteiger partial charge in [-0.25, -0.2) is 0 Å². The van der Waals surface area contributed by atoms with Crippen LogP contribution in [0.25, 0.3) is 0 Å². The number of hydrogen-bond acceptors (Lipinski definition) is 3. The summed E-state index contributed by atoms with van der Waals surface area (Å²) in [4.78, 5) is 3.29. The maximum absolute atomic E-state index is 10.5. The minimum Gasteiger partial charge on any atom is -0.508 e. The zero-order valence-corrected chi connectivity index (χ0v) is 25.5. The second kappa shape index (κ2) is 10.9. The average molecular weight is 585 g/mol. The molecule has 7 heteroatoms. The van der Waals surface area contributed by atoms with Gasteiger partial charge >= 0.3 is 0 Å². The monoisotopic (exact) mass is 583 g/mol. The first-order chi connectivity index (χ1) is 18.1. The summed E-state index contributed by atoms with van der Waals surface area (Å²) < 4.78 is 7.17. The zero-order chi connectivity index (χ0) is 27.1. The molecule has 1 aliphatic heterocycles. The normalized spacial score (nSPS) is 22.0. The SMILES string of the molecule is CC(C)(C)[Si](OCC1CC(N2CC(c3c(O)ccc(Cl)c3Cl)CC2=S)C1)(c1ccccc1)c1ccccc1. The molecular formula is C31H35Cl2NO2SSi. The molecule has 1 saturated heterocycles. The van der Waals surface area contributed by atoms with Gasteiger partial charge in [0.25, 0.3) is 8.32 Å². The number of phenols is 1. The smallest absolute Gasteiger partial charge is 0.261 e. The molecule has 1 unspecified atom stereocenters. The summed E-state index contributed by atoms with van der Waals surface area (Å²) >= 11 is 18.5. The lowest BCUT2D eigenvalue weighted by Crippen LogP contribution is -2.67. The Bertz CT molecular complexity index is 1250. The largest absolute Gasteiger partial charge is 0.508 e. The number of phenolic OH excluding ortho intramolecular Hbond substituents is 1. The van der Waals surface area contributed by atoms with Gasteiger partial charge < -0.3 is 14.4 Å². The van der Waals surface area contributed by atoms with Crippen LogP contribution in [-0.2, 0) is 4.43 Å². The van der Waals surface area contributed by atoms with Gasteiger partial charge in [0.2, 0.25) is 0 Å². The van der Waals surface area contributed by atoms with E-state index in [1.54, 1.807) is 12.1 Å². The third-order valence-corrected chi connectivity index (χ3v) is 14.5. The summed E-state index contributed by atoms with van der Waals surface area (Å²) in [6, 6.07) is 25.3. The maximum atomic E-state index is 10.5. The molecule has 1 N–H and O–H groups in total. The predicted molar refractivity (Wildman–Crippen MR) is 165 cm³/mol. The van der Waals surface area contributed by atoms with Gasteiger partial charge in [0.05, 0.1) is 15.0 Å². The molecule has 3 nitrogen and oxygen atoms in total. The lowest BCUT2D eigenvalue weighted by Gasteiger charge is -2.47. The van der Waals surface area contributed by atoms with Crippen LogP contribution in [0.4, 0.5) is 0 Å². The molecule has 1 aliphatic carbocycles. The number of halogens is 2. The van der Waals surface area contributed by atoms with E-state index in [1.165, 1.54) is 10.4 Å². The molecular weight excluding hydrogens is 549 g/mol. The summed E-state index contributed by atoms with van der Waals surface area (Å²) in [6.45, 7) is 8.47. The van der Waals surface area contributed by atoms with Crippen LogP contribution in [0.5, 0.6) is 5.75 Å². The minimum absolute atomic E-state index is 0.0270. The topological polar surface area (TPSA) is 32.7 Å². The molecule has 5 rings (SSSR count). The van der Waals surface area contributed by atoms with Crippen molar-refractivity contribution in [2.75, 3.05) is 13.2 Å². The number of likely N-dealkylation sites (tertiary alicyclic amines) is 1. The zero-order valence-electron chi connectivity index (χ0n) is 22.2. The van der Waals surface area contributed by atoms with Gasteiger partial charge in [-0.2, -0.15) is 0 Å². The summed E-state index contributed by atoms with van der Waals surface area (Å²) in [5.41, 5.74) is 0.718. The standard InChI is InChI=1S/C31H35Cl2NO2SSi/c1-31(2,3)38(24-10-6-4-7-11-24,25-12-8-5-9-13-25)36-20-21-16-23(17-21)34-19-22(18-28(34)37)29-27(35)15-14-26(32)30(29)33/h4-15,21-23,35H,16-20H2,1-3H3. The summed E-state index contributed by atoms with van der Waals surface area (Å²) in [5.74, 6) is 0.743. The van der Waals surface area contributed by atoms with E-state index < -0.39 is 8.32 Å². The van der Waals surface area contributed by atoms with Gasteiger partial charge in [0, 0.05) is 37.1 Å². The lowest BCUT2D eigenvalue weighted by atomic mass is 9.80. The molecule has 1 atom stereocenters. The first kappa shape index (κ1) is 27.7. The number of rotatable bonds is 7. The third-order valence-electron chi connectivity index (χ3n) is 8.28. The van der Waals surface area contributed by atoms with Crippen LogP contribution in [0.15, 0.2) is 72.8 Å². The van der Waals surface area contributed by atoms with E-state index >= 15 is 0 Å². The Morgan fingerprint density at radius 1 is 0.947 bits per heavy atom. The Labute approximate surface area is 242 Å². The number of nitrogens with zero attached hydrogens (tertiary/aromatic N) is 1. The fraction of sp³-hybridized carbons (Fsp3) is 0.387. The fourth-order valence-corrected chi connectivity index (χ4v) is 11.9. The molecule has 3 aromatic carbocycles. The summed E-state index contributed by atoms with van der Waals surface area (Å²) in [6.07, 6.45) is 2.82. The van der Waals surface area contributed by atoms with E-state index in [1.807, 2.05) is 0 Å². The molecule has 0 aromatic heterocycles. The van der Waals surface area contributed by atoms with Crippen molar-refractivity contribution < 1.29 is 9.53 Å². The van der Waals surface area contributed by atoms with Crippen molar-refractivity contribution in [3.05, 3.63) is 88.4 Å². The van der Waals surface area contributed by atoms with Crippen LogP contribution in [0.2, 0.25) is 15.1 Å². The molecule has 3 aromatic rings. The Balaban J connectivity index is 1.29. The van der Waals surface area contributed by atoms with Gasteiger partial charge in [-0.3, -0.25) is 0 Å². The number of thiocarbonyl (C=S) groups is 1. The van der Waals surface area contributed by atoms with Crippen LogP contribution in [0.1, 0.15) is 51.5 Å². The highest BCUT2D eigenvalue weighted by atomic mass is 35.5. The Morgan fingerprint density at radius 2 is 1.53 bits per heavy atom. The molecule has 38 heavy (non-hydrogen) atoms. The van der Waals surface area contributed by atoms with Crippen LogP contribution >= 0.6 is 35.4 Å². The quantitative estimate of drug-likeness (QED) is 0.236. The highest BCUT2D eigenvalue weighted by molar-refractivity contribution is 7.80. The second-order valence-corrected chi connectivity index (χ2v) is 17.3. The van der Waals surface area contributed by atoms with Crippen LogP contribution in [0, 0.1) is 5.92 Å². The van der Waals surface area contributed by atoms with Gasteiger partial charge in [0.15, 0.2) is 0 Å². The number of hydrogen-bond donors (Lipinski definition) is 1. The molecule has 0 radical (unpaired) electrons. The maximum Gasteiger partial charge on any atom is 0.261 e. The van der Waals surface area contributed by atoms with Crippen molar-refractivity contribution >= 4 is 59.1 Å². The van der Waals surface area contributed by atoms with Crippen molar-refractivity contribution in [1.29, 1.82) is 0 Å². The van der Waals surface area contributed by atoms with Crippen molar-refractivity contribution in [2.45, 2.75) is 57.0 Å². The first-order valence-electron chi connectivity index (χ1n) is 13.3.